The lowest BCUT2D eigenvalue weighted by Crippen LogP contribution is -2.22. The number of guanidine groups is 1. The van der Waals surface area contributed by atoms with Gasteiger partial charge >= 0.3 is 0 Å². The molecule has 174 valence electrons. The molecule has 0 aliphatic rings. The number of nitrogens with one attached hydrogen (secondary N) is 2. The van der Waals surface area contributed by atoms with Crippen LogP contribution >= 0.6 is 0 Å². The Morgan fingerprint density at radius 3 is 2.52 bits per heavy atom. The number of hydrogen-bond acceptors (Lipinski definition) is 4. The number of benzene rings is 3. The summed E-state index contributed by atoms with van der Waals surface area (Å²) in [6, 6.07) is 14.4. The van der Waals surface area contributed by atoms with Gasteiger partial charge in [-0.05, 0) is 66.4 Å². The average Bonchev–Trinajstić information content (AvgIpc) is 2.80. The van der Waals surface area contributed by atoms with Crippen LogP contribution in [-0.4, -0.2) is 28.5 Å². The molecule has 0 amide bonds. The molecule has 7 nitrogen and oxygen atoms in total. The molecule has 0 aliphatic carbocycles. The van der Waals surface area contributed by atoms with Gasteiger partial charge in [-0.2, -0.15) is 0 Å². The van der Waals surface area contributed by atoms with Crippen LogP contribution in [0, 0.1) is 12.7 Å². The van der Waals surface area contributed by atoms with Crippen LogP contribution in [0.15, 0.2) is 64.5 Å². The van der Waals surface area contributed by atoms with Crippen LogP contribution in [0.1, 0.15) is 18.1 Å². The molecule has 9 heteroatoms. The number of aryl methyl sites for hydroxylation is 2. The first-order valence-electron chi connectivity index (χ1n) is 10.3. The quantitative estimate of drug-likeness (QED) is 0.348. The molecule has 0 aliphatic heterocycles. The van der Waals surface area contributed by atoms with Gasteiger partial charge in [-0.25, -0.2) is 12.8 Å². The second kappa shape index (κ2) is 9.91. The van der Waals surface area contributed by atoms with Crippen LogP contribution in [0.5, 0.6) is 5.75 Å². The molecule has 0 spiro atoms. The third kappa shape index (κ3) is 5.25. The van der Waals surface area contributed by atoms with Crippen molar-refractivity contribution in [1.82, 2.24) is 0 Å². The van der Waals surface area contributed by atoms with E-state index >= 15 is 4.39 Å². The standard InChI is InChI=1S/C24H27FN4O3S/c1-5-16-14-17(9-11-20(16)28-24(26)27-3)19-7-6-8-21(23(19)25)29-33(30,31)18-10-12-22(32-4)15(2)13-18/h6-14,29H,5H2,1-4H3,(H3,26,27,28). The highest BCUT2D eigenvalue weighted by atomic mass is 32.2. The number of hydrogen-bond donors (Lipinski definition) is 3. The number of anilines is 2. The molecule has 0 aromatic heterocycles. The number of halogens is 1. The Morgan fingerprint density at radius 2 is 1.88 bits per heavy atom. The molecule has 3 rings (SSSR count). The van der Waals surface area contributed by atoms with E-state index in [9.17, 15) is 8.42 Å². The van der Waals surface area contributed by atoms with Crippen molar-refractivity contribution >= 4 is 27.4 Å². The van der Waals surface area contributed by atoms with Gasteiger partial charge in [0.1, 0.15) is 5.75 Å². The van der Waals surface area contributed by atoms with Crippen LogP contribution in [0.25, 0.3) is 11.1 Å². The molecule has 33 heavy (non-hydrogen) atoms. The lowest BCUT2D eigenvalue weighted by Gasteiger charge is -2.15. The fraction of sp³-hybridized carbons (Fsp3) is 0.208. The van der Waals surface area contributed by atoms with E-state index in [1.165, 1.54) is 25.3 Å². The predicted octanol–water partition coefficient (Wildman–Crippen LogP) is 4.53. The smallest absolute Gasteiger partial charge is 0.262 e. The minimum atomic E-state index is -4.00. The summed E-state index contributed by atoms with van der Waals surface area (Å²) in [6.07, 6.45) is 0.678. The van der Waals surface area contributed by atoms with Crippen molar-refractivity contribution in [2.45, 2.75) is 25.2 Å². The maximum absolute atomic E-state index is 15.4. The number of sulfonamides is 1. The van der Waals surface area contributed by atoms with E-state index in [0.29, 0.717) is 23.3 Å². The largest absolute Gasteiger partial charge is 0.496 e. The van der Waals surface area contributed by atoms with Crippen LogP contribution in [-0.2, 0) is 16.4 Å². The van der Waals surface area contributed by atoms with Gasteiger partial charge in [0.2, 0.25) is 0 Å². The van der Waals surface area contributed by atoms with Crippen LogP contribution in [0.2, 0.25) is 0 Å². The minimum Gasteiger partial charge on any atom is -0.496 e. The highest BCUT2D eigenvalue weighted by Gasteiger charge is 2.19. The lowest BCUT2D eigenvalue weighted by molar-refractivity contribution is 0.411. The number of aliphatic imine (C=N–C) groups is 1. The first-order chi connectivity index (χ1) is 15.7. The van der Waals surface area contributed by atoms with Gasteiger partial charge in [0, 0.05) is 18.3 Å². The third-order valence-corrected chi connectivity index (χ3v) is 6.58. The molecule has 0 unspecified atom stereocenters. The molecule has 0 radical (unpaired) electrons. The van der Waals surface area contributed by atoms with Crippen molar-refractivity contribution in [2.75, 3.05) is 24.2 Å². The monoisotopic (exact) mass is 470 g/mol. The zero-order valence-electron chi connectivity index (χ0n) is 18.9. The Hall–Kier alpha value is -3.59. The summed E-state index contributed by atoms with van der Waals surface area (Å²) in [5.41, 5.74) is 8.86. The summed E-state index contributed by atoms with van der Waals surface area (Å²) >= 11 is 0. The van der Waals surface area contributed by atoms with Gasteiger partial charge in [-0.3, -0.25) is 9.71 Å². The summed E-state index contributed by atoms with van der Waals surface area (Å²) < 4.78 is 48.7. The van der Waals surface area contributed by atoms with Gasteiger partial charge in [0.05, 0.1) is 17.7 Å². The number of ether oxygens (including phenoxy) is 1. The molecule has 0 saturated heterocycles. The second-order valence-corrected chi connectivity index (χ2v) is 9.05. The normalized spacial score (nSPS) is 11.8. The molecule has 0 saturated carbocycles. The van der Waals surface area contributed by atoms with Crippen molar-refractivity contribution in [3.63, 3.8) is 0 Å². The molecule has 0 bridgehead atoms. The summed E-state index contributed by atoms with van der Waals surface area (Å²) in [6.45, 7) is 3.71. The number of rotatable bonds is 7. The van der Waals surface area contributed by atoms with E-state index < -0.39 is 15.8 Å². The van der Waals surface area contributed by atoms with Crippen molar-refractivity contribution in [1.29, 1.82) is 0 Å². The molecular formula is C24H27FN4O3S. The van der Waals surface area contributed by atoms with Gasteiger partial charge in [0.25, 0.3) is 10.0 Å². The number of nitrogens with zero attached hydrogens (tertiary/aromatic N) is 1. The Morgan fingerprint density at radius 1 is 1.12 bits per heavy atom. The summed E-state index contributed by atoms with van der Waals surface area (Å²) in [5, 5.41) is 3.01. The van der Waals surface area contributed by atoms with E-state index in [0.717, 1.165) is 11.3 Å². The number of nitrogens with two attached hydrogens (primary N) is 1. The molecule has 4 N–H and O–H groups in total. The first-order valence-corrected chi connectivity index (χ1v) is 11.8. The average molecular weight is 471 g/mol. The second-order valence-electron chi connectivity index (χ2n) is 7.36. The number of methoxy groups -OCH3 is 1. The third-order valence-electron chi connectivity index (χ3n) is 5.22. The van der Waals surface area contributed by atoms with Crippen LogP contribution in [0.3, 0.4) is 0 Å². The lowest BCUT2D eigenvalue weighted by atomic mass is 9.99. The minimum absolute atomic E-state index is 0.0180. The van der Waals surface area contributed by atoms with Gasteiger partial charge in [0.15, 0.2) is 11.8 Å². The van der Waals surface area contributed by atoms with E-state index in [1.54, 1.807) is 44.3 Å². The molecule has 3 aromatic rings. The van der Waals surface area contributed by atoms with Crippen molar-refractivity contribution in [2.24, 2.45) is 10.7 Å². The zero-order chi connectivity index (χ0) is 24.2. The SMILES string of the molecule is CCc1cc(-c2cccc(NS(=O)(=O)c3ccc(OC)c(C)c3)c2F)ccc1NC(N)=NC. The maximum Gasteiger partial charge on any atom is 0.262 e. The maximum atomic E-state index is 15.4. The van der Waals surface area contributed by atoms with E-state index in [4.69, 9.17) is 10.5 Å². The molecule has 0 atom stereocenters. The summed E-state index contributed by atoms with van der Waals surface area (Å²) in [7, 11) is -0.912. The molecule has 0 fully saturated rings. The Bertz CT molecular complexity index is 1310. The van der Waals surface area contributed by atoms with Gasteiger partial charge < -0.3 is 15.8 Å². The van der Waals surface area contributed by atoms with E-state index in [-0.39, 0.29) is 22.1 Å². The van der Waals surface area contributed by atoms with Crippen molar-refractivity contribution < 1.29 is 17.5 Å². The van der Waals surface area contributed by atoms with Gasteiger partial charge in [-0.15, -0.1) is 0 Å². The van der Waals surface area contributed by atoms with Gasteiger partial charge in [-0.1, -0.05) is 25.1 Å². The zero-order valence-corrected chi connectivity index (χ0v) is 19.8. The molecular weight excluding hydrogens is 443 g/mol. The summed E-state index contributed by atoms with van der Waals surface area (Å²) in [5.74, 6) is 0.177. The topological polar surface area (TPSA) is 106 Å². The first kappa shape index (κ1) is 24.1. The Labute approximate surface area is 193 Å². The van der Waals surface area contributed by atoms with Crippen LogP contribution < -0.4 is 20.5 Å². The highest BCUT2D eigenvalue weighted by Crippen LogP contribution is 2.32. The Balaban J connectivity index is 1.96. The summed E-state index contributed by atoms with van der Waals surface area (Å²) in [4.78, 5) is 3.91. The molecule has 3 aromatic carbocycles. The fourth-order valence-corrected chi connectivity index (χ4v) is 4.57. The van der Waals surface area contributed by atoms with E-state index in [1.807, 2.05) is 13.0 Å². The fourth-order valence-electron chi connectivity index (χ4n) is 3.43. The van der Waals surface area contributed by atoms with E-state index in [2.05, 4.69) is 15.0 Å². The predicted molar refractivity (Wildman–Crippen MR) is 131 cm³/mol. The van der Waals surface area contributed by atoms with Crippen LogP contribution in [0.4, 0.5) is 15.8 Å². The highest BCUT2D eigenvalue weighted by molar-refractivity contribution is 7.92. The van der Waals surface area contributed by atoms with Crippen molar-refractivity contribution in [3.05, 3.63) is 71.5 Å². The Kier molecular flexibility index (Phi) is 7.23. The van der Waals surface area contributed by atoms with Crippen molar-refractivity contribution in [3.8, 4) is 16.9 Å². The molecule has 0 heterocycles.